The molecule has 0 aromatic heterocycles. The van der Waals surface area contributed by atoms with Gasteiger partial charge in [0.25, 0.3) is 0 Å². The second-order valence-corrected chi connectivity index (χ2v) is 0. The Kier molecular flexibility index (Phi) is 74.2. The molecule has 23 valence electrons. The SMILES string of the molecule is [CaH+].[SH-].[S]=[Mn]. The Morgan fingerprint density at radius 3 is 1.25 bits per heavy atom. The molecular formula is H2CaMnS2. The normalized spacial score (nSPS) is 1.00. The molecule has 0 aliphatic rings. The monoisotopic (exact) mass is 161 g/mol. The molecule has 0 aliphatic carbocycles. The van der Waals surface area contributed by atoms with Gasteiger partial charge in [0, 0.05) is 0 Å². The fourth-order valence-electron chi connectivity index (χ4n) is 0. The van der Waals surface area contributed by atoms with E-state index in [9.17, 15) is 0 Å². The molecule has 0 atom stereocenters. The van der Waals surface area contributed by atoms with E-state index < -0.39 is 0 Å². The molecule has 0 aliphatic heterocycles. The molecular weight excluding hydrogens is 159 g/mol. The minimum atomic E-state index is 0. The van der Waals surface area contributed by atoms with Gasteiger partial charge in [-0.05, 0) is 0 Å². The van der Waals surface area contributed by atoms with Crippen LogP contribution < -0.4 is 0 Å². The molecule has 0 saturated heterocycles. The van der Waals surface area contributed by atoms with Crippen LogP contribution in [0.25, 0.3) is 0 Å². The molecule has 0 aromatic carbocycles. The summed E-state index contributed by atoms with van der Waals surface area (Å²) in [5, 5.41) is 0. The van der Waals surface area contributed by atoms with Gasteiger partial charge in [-0.25, -0.2) is 0 Å². The molecule has 0 amide bonds. The van der Waals surface area contributed by atoms with Gasteiger partial charge in [-0.1, -0.05) is 0 Å². The first-order chi connectivity index (χ1) is 1.00. The van der Waals surface area contributed by atoms with E-state index in [1.165, 1.54) is 0 Å². The molecule has 4 heteroatoms. The summed E-state index contributed by atoms with van der Waals surface area (Å²) in [5.41, 5.74) is 0. The molecule has 0 spiro atoms. The summed E-state index contributed by atoms with van der Waals surface area (Å²) < 4.78 is 0. The van der Waals surface area contributed by atoms with Crippen molar-refractivity contribution in [2.45, 2.75) is 0 Å². The van der Waals surface area contributed by atoms with Crippen molar-refractivity contribution in [3.05, 3.63) is 0 Å². The Morgan fingerprint density at radius 2 is 1.25 bits per heavy atom. The van der Waals surface area contributed by atoms with Crippen molar-refractivity contribution in [1.82, 2.24) is 0 Å². The molecule has 0 rings (SSSR count). The summed E-state index contributed by atoms with van der Waals surface area (Å²) in [6.07, 6.45) is 0. The second kappa shape index (κ2) is 18.3. The predicted octanol–water partition coefficient (Wildman–Crippen LogP) is -0.273. The summed E-state index contributed by atoms with van der Waals surface area (Å²) in [6.45, 7) is 0. The fourth-order valence-corrected chi connectivity index (χ4v) is 0. The summed E-state index contributed by atoms with van der Waals surface area (Å²) >= 11 is 2.52. The molecule has 0 N–H and O–H groups in total. The first-order valence-corrected chi connectivity index (χ1v) is 1.91. The molecule has 0 heterocycles. The van der Waals surface area contributed by atoms with Crippen LogP contribution >= 0.6 is 10.6 Å². The Balaban J connectivity index is -0.00000000500. The van der Waals surface area contributed by atoms with Gasteiger partial charge in [-0.2, -0.15) is 0 Å². The predicted molar refractivity (Wildman–Crippen MR) is 23.5 cm³/mol. The maximum absolute atomic E-state index is 3.90. The molecule has 0 nitrogen and oxygen atoms in total. The zero-order valence-electron chi connectivity index (χ0n) is 2.23. The van der Waals surface area contributed by atoms with Gasteiger partial charge in [0.15, 0.2) is 0 Å². The van der Waals surface area contributed by atoms with Gasteiger partial charge in [-0.15, -0.1) is 0 Å². The van der Waals surface area contributed by atoms with E-state index in [4.69, 9.17) is 0 Å². The number of rotatable bonds is 0. The van der Waals surface area contributed by atoms with E-state index >= 15 is 0 Å². The fraction of sp³-hybridized carbons (Fsp3) is 0. The van der Waals surface area contributed by atoms with E-state index in [0.717, 1.165) is 0 Å². The van der Waals surface area contributed by atoms with Gasteiger partial charge in [-0.3, -0.25) is 0 Å². The van der Waals surface area contributed by atoms with Gasteiger partial charge < -0.3 is 13.5 Å². The number of hydrogen-bond donors (Lipinski definition) is 0. The van der Waals surface area contributed by atoms with Crippen LogP contribution in [-0.2, 0) is 27.9 Å². The zero-order valence-corrected chi connectivity index (χ0v) is 8.25. The van der Waals surface area contributed by atoms with Crippen molar-refractivity contribution >= 4 is 61.8 Å². The summed E-state index contributed by atoms with van der Waals surface area (Å²) in [6, 6.07) is 0. The molecule has 0 saturated carbocycles. The molecule has 0 radical (unpaired) electrons. The van der Waals surface area contributed by atoms with E-state index in [-0.39, 0.29) is 51.2 Å². The summed E-state index contributed by atoms with van der Waals surface area (Å²) in [4.78, 5) is 0. The number of hydrogen-bond acceptors (Lipinski definition) is 2. The van der Waals surface area contributed by atoms with Crippen LogP contribution in [0.3, 0.4) is 0 Å². The molecule has 0 unspecified atom stereocenters. The quantitative estimate of drug-likeness (QED) is 0.272. The minimum absolute atomic E-state index is 0. The van der Waals surface area contributed by atoms with Crippen molar-refractivity contribution in [2.24, 2.45) is 0 Å². The van der Waals surface area contributed by atoms with Crippen LogP contribution in [0.2, 0.25) is 0 Å². The maximum atomic E-state index is 3.90. The molecule has 0 fully saturated rings. The Labute approximate surface area is 74.8 Å². The second-order valence-electron chi connectivity index (χ2n) is 0. The zero-order chi connectivity index (χ0) is 2.00. The van der Waals surface area contributed by atoms with Crippen LogP contribution in [-0.4, -0.2) is 37.7 Å². The average molecular weight is 161 g/mol. The van der Waals surface area contributed by atoms with Gasteiger partial charge >= 0.3 is 62.7 Å². The van der Waals surface area contributed by atoms with Gasteiger partial charge in [0.1, 0.15) is 0 Å². The van der Waals surface area contributed by atoms with Crippen LogP contribution in [0.1, 0.15) is 0 Å². The topological polar surface area (TPSA) is 0 Å². The van der Waals surface area contributed by atoms with Crippen LogP contribution in [0.15, 0.2) is 0 Å². The summed E-state index contributed by atoms with van der Waals surface area (Å²) in [5.74, 6) is 0. The molecule has 4 heavy (non-hydrogen) atoms. The number of thiol groups is 1. The first-order valence-electron chi connectivity index (χ1n) is 0.154. The Morgan fingerprint density at radius 1 is 1.25 bits per heavy atom. The van der Waals surface area contributed by atoms with E-state index in [2.05, 4.69) is 24.9 Å². The Hall–Kier alpha value is 2.35. The van der Waals surface area contributed by atoms with E-state index in [1.807, 2.05) is 0 Å². The Bertz CT molecular complexity index is 6.00. The van der Waals surface area contributed by atoms with Gasteiger partial charge in [0.2, 0.25) is 0 Å². The van der Waals surface area contributed by atoms with Gasteiger partial charge in [0.05, 0.1) is 0 Å². The van der Waals surface area contributed by atoms with Crippen molar-refractivity contribution in [3.8, 4) is 0 Å². The van der Waals surface area contributed by atoms with Crippen LogP contribution in [0.5, 0.6) is 0 Å². The molecule has 0 bridgehead atoms. The van der Waals surface area contributed by atoms with Crippen molar-refractivity contribution in [1.29, 1.82) is 0 Å². The summed E-state index contributed by atoms with van der Waals surface area (Å²) in [7, 11) is 3.90. The van der Waals surface area contributed by atoms with E-state index in [1.54, 1.807) is 0 Å². The van der Waals surface area contributed by atoms with Crippen LogP contribution in [0, 0.1) is 0 Å². The van der Waals surface area contributed by atoms with Crippen molar-refractivity contribution in [2.75, 3.05) is 0 Å². The molecule has 0 aromatic rings. The van der Waals surface area contributed by atoms with Crippen molar-refractivity contribution < 1.29 is 14.4 Å². The first kappa shape index (κ1) is 16.2. The third-order valence-electron chi connectivity index (χ3n) is 0. The van der Waals surface area contributed by atoms with Crippen LogP contribution in [0.4, 0.5) is 0 Å². The standard InChI is InChI=1S/Ca.Mn.H2S.S.H/h;;1H2;;/q+1;;;;/p-1. The average Bonchev–Trinajstić information content (AvgIpc) is 1.00. The third kappa shape index (κ3) is 8.84. The van der Waals surface area contributed by atoms with Crippen molar-refractivity contribution in [3.63, 3.8) is 0 Å². The third-order valence-corrected chi connectivity index (χ3v) is 0. The van der Waals surface area contributed by atoms with E-state index in [0.29, 0.717) is 0 Å².